The molecular weight excluding hydrogens is 306 g/mol. The van der Waals surface area contributed by atoms with Gasteiger partial charge in [0.2, 0.25) is 0 Å². The Balaban J connectivity index is 1.52. The van der Waals surface area contributed by atoms with E-state index in [9.17, 15) is 5.11 Å². The molecule has 2 heterocycles. The first-order valence-electron chi connectivity index (χ1n) is 8.14. The average Bonchev–Trinajstić information content (AvgIpc) is 3.22. The van der Waals surface area contributed by atoms with Crippen LogP contribution in [0.2, 0.25) is 0 Å². The van der Waals surface area contributed by atoms with Gasteiger partial charge in [0.05, 0.1) is 17.7 Å². The summed E-state index contributed by atoms with van der Waals surface area (Å²) < 4.78 is 10.8. The third-order valence-corrected chi connectivity index (χ3v) is 4.22. The maximum Gasteiger partial charge on any atom is 0.133 e. The molecule has 0 spiro atoms. The van der Waals surface area contributed by atoms with Crippen LogP contribution in [-0.4, -0.2) is 41.0 Å². The fourth-order valence-electron chi connectivity index (χ4n) is 3.06. The summed E-state index contributed by atoms with van der Waals surface area (Å²) in [6.07, 6.45) is 1.52. The van der Waals surface area contributed by atoms with Crippen LogP contribution in [0.25, 0.3) is 0 Å². The molecule has 24 heavy (non-hydrogen) atoms. The molecule has 2 atom stereocenters. The molecule has 0 saturated carbocycles. The summed E-state index contributed by atoms with van der Waals surface area (Å²) in [5, 5.41) is 23.2. The van der Waals surface area contributed by atoms with E-state index in [-0.39, 0.29) is 12.6 Å². The average molecular weight is 327 g/mol. The number of likely N-dealkylation sites (tertiary alicyclic amines) is 1. The number of aromatic nitrogens is 1. The molecular formula is C18H21N3O3. The zero-order chi connectivity index (χ0) is 16.9. The van der Waals surface area contributed by atoms with Crippen LogP contribution in [0.4, 0.5) is 0 Å². The van der Waals surface area contributed by atoms with E-state index in [0.717, 1.165) is 30.8 Å². The number of aryl methyl sites for hydroxylation is 1. The van der Waals surface area contributed by atoms with Crippen molar-refractivity contribution in [1.29, 1.82) is 5.26 Å². The van der Waals surface area contributed by atoms with E-state index in [1.165, 1.54) is 0 Å². The Morgan fingerprint density at radius 1 is 1.46 bits per heavy atom. The molecule has 2 aromatic rings. The predicted molar refractivity (Wildman–Crippen MR) is 87.4 cm³/mol. The lowest BCUT2D eigenvalue weighted by Crippen LogP contribution is -2.35. The van der Waals surface area contributed by atoms with Crippen LogP contribution in [0.5, 0.6) is 5.75 Å². The molecule has 1 fully saturated rings. The van der Waals surface area contributed by atoms with Crippen molar-refractivity contribution in [3.8, 4) is 11.8 Å². The first kappa shape index (κ1) is 16.5. The number of rotatable bonds is 6. The maximum absolute atomic E-state index is 10.3. The van der Waals surface area contributed by atoms with Crippen LogP contribution >= 0.6 is 0 Å². The zero-order valence-electron chi connectivity index (χ0n) is 13.7. The van der Waals surface area contributed by atoms with E-state index >= 15 is 0 Å². The van der Waals surface area contributed by atoms with Gasteiger partial charge in [0, 0.05) is 12.6 Å². The van der Waals surface area contributed by atoms with Crippen molar-refractivity contribution in [3.63, 3.8) is 0 Å². The second-order valence-corrected chi connectivity index (χ2v) is 6.12. The van der Waals surface area contributed by atoms with Gasteiger partial charge in [-0.3, -0.25) is 4.90 Å². The number of nitriles is 1. The number of hydrogen-bond donors (Lipinski definition) is 1. The van der Waals surface area contributed by atoms with Crippen molar-refractivity contribution in [3.05, 3.63) is 47.3 Å². The van der Waals surface area contributed by atoms with Crippen LogP contribution in [-0.2, 0) is 0 Å². The highest BCUT2D eigenvalue weighted by molar-refractivity contribution is 5.34. The minimum atomic E-state index is -0.589. The van der Waals surface area contributed by atoms with Gasteiger partial charge in [-0.05, 0) is 50.6 Å². The number of benzene rings is 1. The molecule has 1 N–H and O–H groups in total. The van der Waals surface area contributed by atoms with E-state index in [1.54, 1.807) is 24.3 Å². The SMILES string of the molecule is Cc1cc([C@@H]2CCCN2C[C@H](O)COc2ccc(C#N)cc2)no1. The third-order valence-electron chi connectivity index (χ3n) is 4.22. The molecule has 0 amide bonds. The first-order chi connectivity index (χ1) is 11.7. The molecule has 0 bridgehead atoms. The van der Waals surface area contributed by atoms with Crippen molar-refractivity contribution in [1.82, 2.24) is 10.1 Å². The van der Waals surface area contributed by atoms with Crippen LogP contribution in [0, 0.1) is 18.3 Å². The molecule has 126 valence electrons. The summed E-state index contributed by atoms with van der Waals surface area (Å²) in [5.74, 6) is 1.46. The second-order valence-electron chi connectivity index (χ2n) is 6.12. The Hall–Kier alpha value is -2.36. The van der Waals surface area contributed by atoms with Crippen molar-refractivity contribution in [2.75, 3.05) is 19.7 Å². The number of aliphatic hydroxyl groups excluding tert-OH is 1. The predicted octanol–water partition coefficient (Wildman–Crippen LogP) is 2.43. The minimum absolute atomic E-state index is 0.201. The minimum Gasteiger partial charge on any atom is -0.491 e. The number of hydrogen-bond acceptors (Lipinski definition) is 6. The zero-order valence-corrected chi connectivity index (χ0v) is 13.7. The highest BCUT2D eigenvalue weighted by Crippen LogP contribution is 2.31. The standard InChI is InChI=1S/C18H21N3O3/c1-13-9-17(20-24-13)18-3-2-8-21(18)11-15(22)12-23-16-6-4-14(10-19)5-7-16/h4-7,9,15,18,22H,2-3,8,11-12H2,1H3/t15-,18-/m0/s1. The normalized spacial score (nSPS) is 19.1. The Morgan fingerprint density at radius 2 is 2.25 bits per heavy atom. The highest BCUT2D eigenvalue weighted by atomic mass is 16.5. The van der Waals surface area contributed by atoms with E-state index in [0.29, 0.717) is 17.9 Å². The fourth-order valence-corrected chi connectivity index (χ4v) is 3.06. The largest absolute Gasteiger partial charge is 0.491 e. The molecule has 3 rings (SSSR count). The summed E-state index contributed by atoms with van der Waals surface area (Å²) >= 11 is 0. The topological polar surface area (TPSA) is 82.5 Å². The van der Waals surface area contributed by atoms with Gasteiger partial charge in [-0.1, -0.05) is 5.16 Å². The van der Waals surface area contributed by atoms with E-state index < -0.39 is 6.10 Å². The van der Waals surface area contributed by atoms with Gasteiger partial charge in [0.15, 0.2) is 0 Å². The van der Waals surface area contributed by atoms with E-state index in [2.05, 4.69) is 16.1 Å². The lowest BCUT2D eigenvalue weighted by molar-refractivity contribution is 0.0628. The van der Waals surface area contributed by atoms with Gasteiger partial charge in [-0.15, -0.1) is 0 Å². The summed E-state index contributed by atoms with van der Waals surface area (Å²) in [6, 6.07) is 11.1. The molecule has 1 saturated heterocycles. The van der Waals surface area contributed by atoms with Crippen LogP contribution in [0.3, 0.4) is 0 Å². The lowest BCUT2D eigenvalue weighted by Gasteiger charge is -2.25. The Kier molecular flexibility index (Phi) is 5.14. The van der Waals surface area contributed by atoms with Gasteiger partial charge in [-0.25, -0.2) is 0 Å². The third kappa shape index (κ3) is 3.94. The monoisotopic (exact) mass is 327 g/mol. The summed E-state index contributed by atoms with van der Waals surface area (Å²) in [5.41, 5.74) is 1.52. The van der Waals surface area contributed by atoms with Crippen LogP contribution < -0.4 is 4.74 Å². The number of β-amino-alcohol motifs (C(OH)–C–C–N with tert-alkyl or cyclic N) is 1. The number of nitrogens with zero attached hydrogens (tertiary/aromatic N) is 3. The van der Waals surface area contributed by atoms with Crippen molar-refractivity contribution >= 4 is 0 Å². The molecule has 1 aromatic carbocycles. The highest BCUT2D eigenvalue weighted by Gasteiger charge is 2.29. The molecule has 6 nitrogen and oxygen atoms in total. The maximum atomic E-state index is 10.3. The Morgan fingerprint density at radius 3 is 2.92 bits per heavy atom. The van der Waals surface area contributed by atoms with Crippen LogP contribution in [0.1, 0.15) is 35.9 Å². The first-order valence-corrected chi connectivity index (χ1v) is 8.14. The molecule has 0 aliphatic carbocycles. The Bertz CT molecular complexity index is 705. The summed E-state index contributed by atoms with van der Waals surface area (Å²) in [6.45, 7) is 3.57. The van der Waals surface area contributed by atoms with Gasteiger partial charge >= 0.3 is 0 Å². The van der Waals surface area contributed by atoms with Gasteiger partial charge in [-0.2, -0.15) is 5.26 Å². The molecule has 6 heteroatoms. The molecule has 0 unspecified atom stereocenters. The second kappa shape index (κ2) is 7.47. The van der Waals surface area contributed by atoms with Crippen molar-refractivity contribution in [2.24, 2.45) is 0 Å². The molecule has 1 aliphatic rings. The van der Waals surface area contributed by atoms with Crippen LogP contribution in [0.15, 0.2) is 34.9 Å². The number of aliphatic hydroxyl groups is 1. The quantitative estimate of drug-likeness (QED) is 0.877. The van der Waals surface area contributed by atoms with E-state index in [4.69, 9.17) is 14.5 Å². The summed E-state index contributed by atoms with van der Waals surface area (Å²) in [4.78, 5) is 2.23. The van der Waals surface area contributed by atoms with Crippen molar-refractivity contribution < 1.29 is 14.4 Å². The number of ether oxygens (including phenoxy) is 1. The smallest absolute Gasteiger partial charge is 0.133 e. The van der Waals surface area contributed by atoms with Crippen molar-refractivity contribution in [2.45, 2.75) is 31.9 Å². The molecule has 1 aromatic heterocycles. The van der Waals surface area contributed by atoms with Gasteiger partial charge < -0.3 is 14.4 Å². The Labute approximate surface area is 141 Å². The fraction of sp³-hybridized carbons (Fsp3) is 0.444. The van der Waals surface area contributed by atoms with Gasteiger partial charge in [0.25, 0.3) is 0 Å². The molecule has 0 radical (unpaired) electrons. The lowest BCUT2D eigenvalue weighted by atomic mass is 10.1. The molecule has 1 aliphatic heterocycles. The van der Waals surface area contributed by atoms with Gasteiger partial charge in [0.1, 0.15) is 29.9 Å². The van der Waals surface area contributed by atoms with E-state index in [1.807, 2.05) is 13.0 Å². The summed E-state index contributed by atoms with van der Waals surface area (Å²) in [7, 11) is 0.